The highest BCUT2D eigenvalue weighted by Gasteiger charge is 2.05. The largest absolute Gasteiger partial charge is 0.494 e. The van der Waals surface area contributed by atoms with Crippen molar-refractivity contribution >= 4 is 11.6 Å². The molecule has 146 valence electrons. The highest BCUT2D eigenvalue weighted by atomic mass is 16.5. The first-order valence-corrected chi connectivity index (χ1v) is 9.17. The Morgan fingerprint density at radius 2 is 1.78 bits per heavy atom. The molecule has 0 aromatic heterocycles. The molecule has 0 aliphatic rings. The summed E-state index contributed by atoms with van der Waals surface area (Å²) in [5.41, 5.74) is 7.96. The van der Waals surface area contributed by atoms with Crippen LogP contribution >= 0.6 is 0 Å². The van der Waals surface area contributed by atoms with E-state index >= 15 is 0 Å². The molecule has 0 aliphatic heterocycles. The van der Waals surface area contributed by atoms with Gasteiger partial charge in [-0.15, -0.1) is 0 Å². The second-order valence-corrected chi connectivity index (χ2v) is 6.06. The van der Waals surface area contributed by atoms with Gasteiger partial charge in [-0.2, -0.15) is 0 Å². The van der Waals surface area contributed by atoms with E-state index in [1.807, 2.05) is 30.3 Å². The Morgan fingerprint density at radius 3 is 2.44 bits per heavy atom. The number of hydrogen-bond donors (Lipinski definition) is 2. The average molecular weight is 371 g/mol. The fourth-order valence-corrected chi connectivity index (χ4v) is 2.49. The number of hydrogen-bond acceptors (Lipinski definition) is 4. The molecule has 2 aromatic rings. The number of guanidine groups is 1. The zero-order valence-electron chi connectivity index (χ0n) is 16.3. The predicted molar refractivity (Wildman–Crippen MR) is 110 cm³/mol. The zero-order chi connectivity index (χ0) is 19.5. The van der Waals surface area contributed by atoms with Gasteiger partial charge in [-0.3, -0.25) is 4.99 Å². The first-order chi connectivity index (χ1) is 13.2. The van der Waals surface area contributed by atoms with Crippen LogP contribution in [0, 0.1) is 0 Å². The van der Waals surface area contributed by atoms with Gasteiger partial charge < -0.3 is 25.3 Å². The average Bonchev–Trinajstić information content (AvgIpc) is 2.69. The lowest BCUT2D eigenvalue weighted by Gasteiger charge is -2.11. The van der Waals surface area contributed by atoms with Gasteiger partial charge in [0.2, 0.25) is 0 Å². The third-order valence-electron chi connectivity index (χ3n) is 4.03. The summed E-state index contributed by atoms with van der Waals surface area (Å²) in [6.07, 6.45) is 3.02. The van der Waals surface area contributed by atoms with Gasteiger partial charge in [0.15, 0.2) is 17.5 Å². The van der Waals surface area contributed by atoms with E-state index in [9.17, 15) is 0 Å². The van der Waals surface area contributed by atoms with Crippen LogP contribution < -0.4 is 25.3 Å². The number of nitrogens with one attached hydrogen (secondary N) is 1. The van der Waals surface area contributed by atoms with Gasteiger partial charge in [-0.05, 0) is 42.7 Å². The Bertz CT molecular complexity index is 730. The molecule has 0 bridgehead atoms. The van der Waals surface area contributed by atoms with Gasteiger partial charge in [0.05, 0.1) is 20.8 Å². The Hall–Kier alpha value is -2.89. The molecular weight excluding hydrogens is 342 g/mol. The molecule has 0 saturated carbocycles. The summed E-state index contributed by atoms with van der Waals surface area (Å²) in [4.78, 5) is 4.38. The van der Waals surface area contributed by atoms with Crippen molar-refractivity contribution in [1.29, 1.82) is 0 Å². The normalized spacial score (nSPS) is 11.1. The maximum atomic E-state index is 5.97. The molecule has 0 amide bonds. The van der Waals surface area contributed by atoms with E-state index in [2.05, 4.69) is 29.4 Å². The van der Waals surface area contributed by atoms with E-state index in [1.165, 1.54) is 5.56 Å². The lowest BCUT2D eigenvalue weighted by molar-refractivity contribution is 0.309. The molecule has 0 radical (unpaired) electrons. The number of benzene rings is 2. The van der Waals surface area contributed by atoms with Crippen molar-refractivity contribution in [3.05, 3.63) is 48.0 Å². The molecule has 0 fully saturated rings. The number of unbranched alkanes of at least 4 members (excludes halogenated alkanes) is 1. The maximum Gasteiger partial charge on any atom is 0.193 e. The Labute approximate surface area is 161 Å². The summed E-state index contributed by atoms with van der Waals surface area (Å²) in [5, 5.41) is 3.06. The van der Waals surface area contributed by atoms with E-state index in [4.69, 9.17) is 19.9 Å². The van der Waals surface area contributed by atoms with Crippen LogP contribution in [0.3, 0.4) is 0 Å². The number of nitrogens with two attached hydrogens (primary N) is 1. The lowest BCUT2D eigenvalue weighted by Crippen LogP contribution is -2.23. The quantitative estimate of drug-likeness (QED) is 0.377. The summed E-state index contributed by atoms with van der Waals surface area (Å²) >= 11 is 0. The van der Waals surface area contributed by atoms with Crippen molar-refractivity contribution in [1.82, 2.24) is 0 Å². The molecule has 0 spiro atoms. The Morgan fingerprint density at radius 1 is 1.04 bits per heavy atom. The van der Waals surface area contributed by atoms with Crippen LogP contribution in [0.5, 0.6) is 17.2 Å². The standard InChI is InChI=1S/C21H29N3O3/c1-4-5-14-27-18-9-6-16(7-10-18)12-13-23-21(22)24-17-8-11-19(25-2)20(15-17)26-3/h6-11,15H,4-5,12-14H2,1-3H3,(H3,22,23,24). The van der Waals surface area contributed by atoms with E-state index < -0.39 is 0 Å². The van der Waals surface area contributed by atoms with Gasteiger partial charge in [0, 0.05) is 18.3 Å². The van der Waals surface area contributed by atoms with E-state index in [0.717, 1.165) is 37.3 Å². The second kappa shape index (κ2) is 11.0. The molecule has 0 heterocycles. The van der Waals surface area contributed by atoms with Crippen LogP contribution in [0.2, 0.25) is 0 Å². The highest BCUT2D eigenvalue weighted by Crippen LogP contribution is 2.29. The summed E-state index contributed by atoms with van der Waals surface area (Å²) in [6, 6.07) is 13.6. The minimum atomic E-state index is 0.363. The first kappa shape index (κ1) is 20.4. The molecule has 0 aliphatic carbocycles. The molecule has 6 heteroatoms. The number of ether oxygens (including phenoxy) is 3. The van der Waals surface area contributed by atoms with Gasteiger partial charge in [0.1, 0.15) is 5.75 Å². The number of rotatable bonds is 10. The Balaban J connectivity index is 1.83. The van der Waals surface area contributed by atoms with Crippen LogP contribution in [0.4, 0.5) is 5.69 Å². The predicted octanol–water partition coefficient (Wildman–Crippen LogP) is 3.85. The smallest absolute Gasteiger partial charge is 0.193 e. The third kappa shape index (κ3) is 6.73. The van der Waals surface area contributed by atoms with Gasteiger partial charge in [-0.1, -0.05) is 25.5 Å². The summed E-state index contributed by atoms with van der Waals surface area (Å²) in [7, 11) is 3.20. The second-order valence-electron chi connectivity index (χ2n) is 6.06. The zero-order valence-corrected chi connectivity index (χ0v) is 16.3. The SMILES string of the molecule is CCCCOc1ccc(CCN=C(N)Nc2ccc(OC)c(OC)c2)cc1. The van der Waals surface area contributed by atoms with Crippen molar-refractivity contribution in [3.8, 4) is 17.2 Å². The molecule has 27 heavy (non-hydrogen) atoms. The van der Waals surface area contributed by atoms with Crippen LogP contribution in [-0.2, 0) is 6.42 Å². The number of methoxy groups -OCH3 is 2. The van der Waals surface area contributed by atoms with Crippen molar-refractivity contribution < 1.29 is 14.2 Å². The van der Waals surface area contributed by atoms with Crippen molar-refractivity contribution in [2.75, 3.05) is 32.7 Å². The highest BCUT2D eigenvalue weighted by molar-refractivity contribution is 5.92. The topological polar surface area (TPSA) is 78.1 Å². The minimum absolute atomic E-state index is 0.363. The van der Waals surface area contributed by atoms with E-state index in [0.29, 0.717) is 24.0 Å². The van der Waals surface area contributed by atoms with Crippen LogP contribution in [-0.4, -0.2) is 33.3 Å². The molecule has 6 nitrogen and oxygen atoms in total. The summed E-state index contributed by atoms with van der Waals surface area (Å²) in [5.74, 6) is 2.57. The molecule has 0 saturated heterocycles. The third-order valence-corrected chi connectivity index (χ3v) is 4.03. The number of anilines is 1. The summed E-state index contributed by atoms with van der Waals surface area (Å²) < 4.78 is 16.2. The minimum Gasteiger partial charge on any atom is -0.494 e. The van der Waals surface area contributed by atoms with Crippen LogP contribution in [0.1, 0.15) is 25.3 Å². The van der Waals surface area contributed by atoms with E-state index in [-0.39, 0.29) is 0 Å². The number of aliphatic imine (C=N–C) groups is 1. The molecule has 3 N–H and O–H groups in total. The van der Waals surface area contributed by atoms with Crippen LogP contribution in [0.25, 0.3) is 0 Å². The van der Waals surface area contributed by atoms with Crippen molar-refractivity contribution in [2.24, 2.45) is 10.7 Å². The molecule has 0 unspecified atom stereocenters. The van der Waals surface area contributed by atoms with Gasteiger partial charge in [0.25, 0.3) is 0 Å². The van der Waals surface area contributed by atoms with Gasteiger partial charge >= 0.3 is 0 Å². The van der Waals surface area contributed by atoms with E-state index in [1.54, 1.807) is 14.2 Å². The van der Waals surface area contributed by atoms with Crippen molar-refractivity contribution in [2.45, 2.75) is 26.2 Å². The Kier molecular flexibility index (Phi) is 8.29. The fourth-order valence-electron chi connectivity index (χ4n) is 2.49. The molecule has 2 aromatic carbocycles. The fraction of sp³-hybridized carbons (Fsp3) is 0.381. The first-order valence-electron chi connectivity index (χ1n) is 9.17. The summed E-state index contributed by atoms with van der Waals surface area (Å²) in [6.45, 7) is 3.51. The molecule has 2 rings (SSSR count). The lowest BCUT2D eigenvalue weighted by atomic mass is 10.1. The van der Waals surface area contributed by atoms with Crippen LogP contribution in [0.15, 0.2) is 47.5 Å². The number of nitrogens with zero attached hydrogens (tertiary/aromatic N) is 1. The van der Waals surface area contributed by atoms with Gasteiger partial charge in [-0.25, -0.2) is 0 Å². The van der Waals surface area contributed by atoms with Crippen molar-refractivity contribution in [3.63, 3.8) is 0 Å². The molecular formula is C21H29N3O3. The monoisotopic (exact) mass is 371 g/mol. The molecule has 0 atom stereocenters. The maximum absolute atomic E-state index is 5.97.